The molecule has 8 heteroatoms. The van der Waals surface area contributed by atoms with Crippen LogP contribution < -0.4 is 9.47 Å². The van der Waals surface area contributed by atoms with Crippen molar-refractivity contribution in [1.29, 1.82) is 0 Å². The Kier molecular flexibility index (Phi) is 7.02. The Balaban J connectivity index is 1.99. The molecule has 1 fully saturated rings. The monoisotopic (exact) mass is 425 g/mol. The highest BCUT2D eigenvalue weighted by Crippen LogP contribution is 2.39. The maximum Gasteiger partial charge on any atom is 0.291 e. The van der Waals surface area contributed by atoms with Crippen LogP contribution in [-0.2, 0) is 9.59 Å². The van der Waals surface area contributed by atoms with Crippen molar-refractivity contribution in [2.45, 2.75) is 12.5 Å². The van der Waals surface area contributed by atoms with Crippen LogP contribution in [0.1, 0.15) is 28.4 Å². The Hall–Kier alpha value is -3.26. The summed E-state index contributed by atoms with van der Waals surface area (Å²) in [6.45, 7) is 1.14. The number of hydrogen-bond acceptors (Lipinski definition) is 7. The molecule has 8 nitrogen and oxygen atoms in total. The van der Waals surface area contributed by atoms with E-state index >= 15 is 0 Å². The van der Waals surface area contributed by atoms with Crippen LogP contribution in [0.25, 0.3) is 0 Å². The summed E-state index contributed by atoms with van der Waals surface area (Å²) >= 11 is 0. The number of pyridine rings is 1. The molecule has 164 valence electrons. The van der Waals surface area contributed by atoms with Gasteiger partial charge in [-0.2, -0.15) is 0 Å². The molecule has 0 saturated carbocycles. The molecule has 2 heterocycles. The third kappa shape index (κ3) is 4.59. The van der Waals surface area contributed by atoms with E-state index in [1.807, 2.05) is 19.0 Å². The molecule has 0 N–H and O–H groups in total. The first-order chi connectivity index (χ1) is 14.9. The zero-order valence-electron chi connectivity index (χ0n) is 18.2. The molecule has 1 aromatic heterocycles. The van der Waals surface area contributed by atoms with Crippen molar-refractivity contribution < 1.29 is 23.9 Å². The number of amides is 1. The normalized spacial score (nSPS) is 18.5. The number of rotatable bonds is 9. The fraction of sp³-hybridized carbons (Fsp3) is 0.391. The molecule has 2 unspecified atom stereocenters. The lowest BCUT2D eigenvalue weighted by Crippen LogP contribution is -2.33. The molecule has 1 aromatic carbocycles. The van der Waals surface area contributed by atoms with Gasteiger partial charge < -0.3 is 19.3 Å². The van der Waals surface area contributed by atoms with E-state index in [1.165, 1.54) is 25.2 Å². The Labute approximate surface area is 181 Å². The number of carbonyl (C=O) groups is 3. The molecule has 1 aliphatic heterocycles. The van der Waals surface area contributed by atoms with Gasteiger partial charge in [-0.25, -0.2) is 0 Å². The van der Waals surface area contributed by atoms with Crippen LogP contribution in [0.2, 0.25) is 0 Å². The number of ketones is 2. The van der Waals surface area contributed by atoms with Gasteiger partial charge in [-0.05, 0) is 63.0 Å². The quantitative estimate of drug-likeness (QED) is 0.345. The summed E-state index contributed by atoms with van der Waals surface area (Å²) in [5.41, 5.74) is 0.996. The van der Waals surface area contributed by atoms with Gasteiger partial charge in [0.15, 0.2) is 17.3 Å². The van der Waals surface area contributed by atoms with Crippen LogP contribution in [0.4, 0.5) is 0 Å². The van der Waals surface area contributed by atoms with Crippen molar-refractivity contribution in [3.05, 3.63) is 53.9 Å². The molecule has 1 aliphatic rings. The van der Waals surface area contributed by atoms with E-state index in [-0.39, 0.29) is 5.56 Å². The molecule has 0 radical (unpaired) electrons. The zero-order valence-corrected chi connectivity index (χ0v) is 18.2. The fourth-order valence-corrected chi connectivity index (χ4v) is 3.89. The van der Waals surface area contributed by atoms with Gasteiger partial charge in [-0.15, -0.1) is 0 Å². The van der Waals surface area contributed by atoms with Crippen LogP contribution >= 0.6 is 0 Å². The molecule has 1 saturated heterocycles. The van der Waals surface area contributed by atoms with E-state index in [2.05, 4.69) is 4.98 Å². The third-order valence-corrected chi connectivity index (χ3v) is 5.41. The van der Waals surface area contributed by atoms with Crippen molar-refractivity contribution in [3.8, 4) is 11.5 Å². The minimum Gasteiger partial charge on any atom is -0.493 e. The van der Waals surface area contributed by atoms with Crippen molar-refractivity contribution in [2.75, 3.05) is 41.4 Å². The second kappa shape index (κ2) is 9.70. The molecule has 3 rings (SSSR count). The molecule has 0 bridgehead atoms. The number of methoxy groups -OCH3 is 2. The van der Waals surface area contributed by atoms with Gasteiger partial charge in [-0.1, -0.05) is 0 Å². The van der Waals surface area contributed by atoms with Crippen molar-refractivity contribution >= 4 is 17.5 Å². The summed E-state index contributed by atoms with van der Waals surface area (Å²) in [4.78, 5) is 46.9. The summed E-state index contributed by atoms with van der Waals surface area (Å²) in [7, 11) is 6.87. The highest BCUT2D eigenvalue weighted by atomic mass is 16.5. The number of aromatic nitrogens is 1. The topological polar surface area (TPSA) is 89.0 Å². The number of likely N-dealkylation sites (tertiary alicyclic amines) is 1. The zero-order chi connectivity index (χ0) is 22.5. The molecule has 31 heavy (non-hydrogen) atoms. The summed E-state index contributed by atoms with van der Waals surface area (Å²) < 4.78 is 10.5. The first-order valence-electron chi connectivity index (χ1n) is 10.0. The van der Waals surface area contributed by atoms with Gasteiger partial charge >= 0.3 is 0 Å². The van der Waals surface area contributed by atoms with Crippen molar-refractivity contribution in [3.63, 3.8) is 0 Å². The van der Waals surface area contributed by atoms with Crippen LogP contribution in [0.15, 0.2) is 42.7 Å². The number of ether oxygens (including phenoxy) is 2. The van der Waals surface area contributed by atoms with Gasteiger partial charge in [0.05, 0.1) is 20.3 Å². The summed E-state index contributed by atoms with van der Waals surface area (Å²) in [5, 5.41) is 0. The van der Waals surface area contributed by atoms with E-state index in [9.17, 15) is 14.4 Å². The van der Waals surface area contributed by atoms with E-state index in [0.717, 1.165) is 6.54 Å². The maximum atomic E-state index is 13.5. The molecule has 2 atom stereocenters. The van der Waals surface area contributed by atoms with Crippen LogP contribution in [0, 0.1) is 5.92 Å². The first-order valence-corrected chi connectivity index (χ1v) is 10.0. The molecular formula is C23H27N3O5. The van der Waals surface area contributed by atoms with Crippen molar-refractivity contribution in [1.82, 2.24) is 14.8 Å². The van der Waals surface area contributed by atoms with Crippen LogP contribution in [0.5, 0.6) is 11.5 Å². The van der Waals surface area contributed by atoms with Gasteiger partial charge in [0.25, 0.3) is 5.91 Å². The number of carbonyl (C=O) groups excluding carboxylic acids is 3. The molecule has 1 amide bonds. The summed E-state index contributed by atoms with van der Waals surface area (Å²) in [6, 6.07) is 7.54. The Morgan fingerprint density at radius 1 is 1.06 bits per heavy atom. The second-order valence-electron chi connectivity index (χ2n) is 7.66. The average molecular weight is 425 g/mol. The van der Waals surface area contributed by atoms with Gasteiger partial charge in [0.2, 0.25) is 5.78 Å². The number of Topliss-reactive ketones (excluding diaryl/α,β-unsaturated/α-hetero) is 2. The fourth-order valence-electron chi connectivity index (χ4n) is 3.89. The van der Waals surface area contributed by atoms with Crippen LogP contribution in [-0.4, -0.2) is 73.7 Å². The Morgan fingerprint density at radius 2 is 1.74 bits per heavy atom. The second-order valence-corrected chi connectivity index (χ2v) is 7.66. The van der Waals surface area contributed by atoms with E-state index in [4.69, 9.17) is 9.47 Å². The van der Waals surface area contributed by atoms with Crippen molar-refractivity contribution in [2.24, 2.45) is 5.92 Å². The Morgan fingerprint density at radius 3 is 2.35 bits per heavy atom. The number of benzene rings is 1. The molecule has 0 spiro atoms. The smallest absolute Gasteiger partial charge is 0.291 e. The van der Waals surface area contributed by atoms with Gasteiger partial charge in [0.1, 0.15) is 5.92 Å². The molecular weight excluding hydrogens is 398 g/mol. The molecule has 0 aliphatic carbocycles. The largest absolute Gasteiger partial charge is 0.493 e. The lowest BCUT2D eigenvalue weighted by Gasteiger charge is -2.27. The maximum absolute atomic E-state index is 13.5. The highest BCUT2D eigenvalue weighted by molar-refractivity contribution is 6.44. The summed E-state index contributed by atoms with van der Waals surface area (Å²) in [6.07, 6.45) is 3.88. The van der Waals surface area contributed by atoms with E-state index in [0.29, 0.717) is 30.0 Å². The standard InChI is InChI=1S/C23H27N3O5/c1-25(2)12-5-13-26-20(15-8-10-24-11-9-15)19(22(28)23(26)29)21(27)16-6-7-17(30-3)18(14-16)31-4/h6-11,14,19-20H,5,12-13H2,1-4H3. The Bertz CT molecular complexity index is 961. The predicted octanol–water partition coefficient (Wildman–Crippen LogP) is 2.00. The summed E-state index contributed by atoms with van der Waals surface area (Å²) in [5.74, 6) is -2.01. The van der Waals surface area contributed by atoms with Gasteiger partial charge in [-0.3, -0.25) is 19.4 Å². The minimum atomic E-state index is -1.13. The van der Waals surface area contributed by atoms with E-state index < -0.39 is 29.4 Å². The first kappa shape index (κ1) is 22.4. The number of nitrogens with zero attached hydrogens (tertiary/aromatic N) is 3. The van der Waals surface area contributed by atoms with E-state index in [1.54, 1.807) is 36.7 Å². The lowest BCUT2D eigenvalue weighted by atomic mass is 9.86. The highest BCUT2D eigenvalue weighted by Gasteiger charge is 2.51. The minimum absolute atomic E-state index is 0.290. The number of hydrogen-bond donors (Lipinski definition) is 0. The lowest BCUT2D eigenvalue weighted by molar-refractivity contribution is -0.140. The average Bonchev–Trinajstić information content (AvgIpc) is 3.03. The third-order valence-electron chi connectivity index (χ3n) is 5.41. The van der Waals surface area contributed by atoms with Crippen LogP contribution in [0.3, 0.4) is 0 Å². The molecule has 2 aromatic rings. The van der Waals surface area contributed by atoms with Gasteiger partial charge in [0, 0.05) is 24.5 Å². The SMILES string of the molecule is COc1ccc(C(=O)C2C(=O)C(=O)N(CCCN(C)C)C2c2ccncc2)cc1OC. The predicted molar refractivity (Wildman–Crippen MR) is 114 cm³/mol.